The zero-order valence-corrected chi connectivity index (χ0v) is 39.1. The Morgan fingerprint density at radius 1 is 0.544 bits per heavy atom. The van der Waals surface area contributed by atoms with Crippen LogP contribution in [0.2, 0.25) is 0 Å². The quantitative estimate of drug-likeness (QED) is 0.0310. The van der Waals surface area contributed by atoms with Gasteiger partial charge in [-0.15, -0.1) is 0 Å². The van der Waals surface area contributed by atoms with Crippen LogP contribution >= 0.6 is 0 Å². The second-order valence-electron chi connectivity index (χ2n) is 16.3. The van der Waals surface area contributed by atoms with Crippen molar-refractivity contribution < 1.29 is 97.9 Å². The monoisotopic (exact) mass is 978 g/mol. The van der Waals surface area contributed by atoms with Crippen LogP contribution in [0, 0.1) is 5.41 Å². The van der Waals surface area contributed by atoms with E-state index in [9.17, 15) is 60.0 Å². The average molecular weight is 979 g/mol. The lowest BCUT2D eigenvalue weighted by Crippen LogP contribution is -2.59. The van der Waals surface area contributed by atoms with Crippen LogP contribution in [-0.4, -0.2) is 225 Å². The number of benzene rings is 1. The van der Waals surface area contributed by atoms with Gasteiger partial charge in [0.05, 0.1) is 85.8 Å². The molecule has 24 nitrogen and oxygen atoms in total. The normalized spacial score (nSPS) is 25.2. The minimum atomic E-state index is -1.56. The third-order valence-corrected chi connectivity index (χ3v) is 11.8. The van der Waals surface area contributed by atoms with Crippen molar-refractivity contribution in [1.29, 1.82) is 0 Å². The topological polar surface area (TPSA) is 352 Å². The zero-order valence-electron chi connectivity index (χ0n) is 39.1. The molecule has 68 heavy (non-hydrogen) atoms. The fourth-order valence-electron chi connectivity index (χ4n) is 7.27. The molecule has 0 saturated carbocycles. The van der Waals surface area contributed by atoms with Gasteiger partial charge in [-0.1, -0.05) is 40.0 Å². The minimum absolute atomic E-state index is 0.0340. The largest absolute Gasteiger partial charge is 0.394 e. The maximum atomic E-state index is 13.2. The van der Waals surface area contributed by atoms with Gasteiger partial charge in [0.2, 0.25) is 11.8 Å². The predicted octanol–water partition coefficient (Wildman–Crippen LogP) is -3.10. The van der Waals surface area contributed by atoms with Crippen molar-refractivity contribution in [3.05, 3.63) is 29.3 Å². The van der Waals surface area contributed by atoms with Crippen LogP contribution in [-0.2, 0) is 47.5 Å². The molecule has 10 atom stereocenters. The van der Waals surface area contributed by atoms with Crippen molar-refractivity contribution in [1.82, 2.24) is 16.0 Å². The summed E-state index contributed by atoms with van der Waals surface area (Å²) in [5.41, 5.74) is 0.300. The highest BCUT2D eigenvalue weighted by molar-refractivity contribution is 6.03. The summed E-state index contributed by atoms with van der Waals surface area (Å²) in [5, 5.41) is 88.9. The van der Waals surface area contributed by atoms with Crippen LogP contribution < -0.4 is 21.3 Å². The maximum Gasteiger partial charge on any atom is 0.251 e. The van der Waals surface area contributed by atoms with Gasteiger partial charge in [0.15, 0.2) is 12.6 Å². The summed E-state index contributed by atoms with van der Waals surface area (Å²) in [6.45, 7) is 5.81. The van der Waals surface area contributed by atoms with E-state index in [-0.39, 0.29) is 120 Å². The Labute approximate surface area is 395 Å². The first-order chi connectivity index (χ1) is 32.6. The molecule has 390 valence electrons. The van der Waals surface area contributed by atoms with Crippen LogP contribution in [0.1, 0.15) is 73.6 Å². The Morgan fingerprint density at radius 2 is 0.956 bits per heavy atom. The molecule has 0 aromatic heterocycles. The molecular formula is C44H74N4O20. The van der Waals surface area contributed by atoms with Crippen molar-refractivity contribution in [3.63, 3.8) is 0 Å². The van der Waals surface area contributed by atoms with Gasteiger partial charge in [-0.3, -0.25) is 19.2 Å². The van der Waals surface area contributed by atoms with Crippen LogP contribution in [0.15, 0.2) is 18.2 Å². The lowest BCUT2D eigenvalue weighted by atomic mass is 9.76. The van der Waals surface area contributed by atoms with E-state index in [4.69, 9.17) is 37.9 Å². The molecule has 0 bridgehead atoms. The Morgan fingerprint density at radius 3 is 1.37 bits per heavy atom. The number of amides is 4. The molecule has 2 fully saturated rings. The van der Waals surface area contributed by atoms with E-state index in [0.717, 1.165) is 19.3 Å². The van der Waals surface area contributed by atoms with Crippen molar-refractivity contribution in [2.24, 2.45) is 5.41 Å². The SMILES string of the molecule is CCC(CC)(CC)CCC(=O)NCC(=O)Nc1cc(C(=O)NCCOCCOCCO[C@H]2O[C@H](CO)[C@@H](O)[C@H](O)[C@@H]2O)cc(C(=O)NCCOCCOCCO[C@H]2O[C@H](CO)[C@@H](O)[C@H](O)[C@@H]2O)c1. The Bertz CT molecular complexity index is 1540. The molecule has 1 aromatic carbocycles. The van der Waals surface area contributed by atoms with Crippen molar-refractivity contribution >= 4 is 29.3 Å². The van der Waals surface area contributed by atoms with E-state index in [1.807, 2.05) is 0 Å². The standard InChI is InChI=1S/C44H74N4O20/c1-4-44(5-2,6-3)8-7-32(51)47-24-33(52)48-29-22-27(40(59)45-9-11-61-13-15-63-17-19-65-42-38(57)36(55)34(53)30(25-49)67-42)21-28(23-29)41(60)46-10-12-62-14-16-64-18-20-66-43-39(58)37(56)35(54)31(26-50)68-43/h21-23,30-31,34-39,42-43,49-50,53-58H,4-20,24-26H2,1-3H3,(H,45,59)(H,46,60)(H,47,51)(H,48,52)/t30-,31-,34-,35-,36+,37+,38+,39+,42+,43+/m1/s1. The lowest BCUT2D eigenvalue weighted by molar-refractivity contribution is -0.302. The molecule has 3 rings (SSSR count). The van der Waals surface area contributed by atoms with Gasteiger partial charge in [-0.25, -0.2) is 0 Å². The number of hydrogen-bond donors (Lipinski definition) is 12. The van der Waals surface area contributed by atoms with Gasteiger partial charge >= 0.3 is 0 Å². The number of ether oxygens (including phenoxy) is 8. The number of hydrogen-bond acceptors (Lipinski definition) is 20. The number of aliphatic hydroxyl groups is 8. The summed E-state index contributed by atoms with van der Waals surface area (Å²) in [7, 11) is 0. The predicted molar refractivity (Wildman–Crippen MR) is 238 cm³/mol. The summed E-state index contributed by atoms with van der Waals surface area (Å²) in [6, 6.07) is 4.14. The average Bonchev–Trinajstić information content (AvgIpc) is 3.34. The number of nitrogens with one attached hydrogen (secondary N) is 4. The van der Waals surface area contributed by atoms with E-state index >= 15 is 0 Å². The Hall–Kier alpha value is -3.54. The summed E-state index contributed by atoms with van der Waals surface area (Å²) in [5.74, 6) is -1.97. The van der Waals surface area contributed by atoms with Crippen molar-refractivity contribution in [2.75, 3.05) is 104 Å². The van der Waals surface area contributed by atoms with E-state index in [1.54, 1.807) is 0 Å². The smallest absolute Gasteiger partial charge is 0.251 e. The summed E-state index contributed by atoms with van der Waals surface area (Å²) >= 11 is 0. The number of aliphatic hydroxyl groups excluding tert-OH is 8. The number of anilines is 1. The highest BCUT2D eigenvalue weighted by Crippen LogP contribution is 2.35. The number of carbonyl (C=O) groups is 4. The fraction of sp³-hybridized carbons (Fsp3) is 0.773. The van der Waals surface area contributed by atoms with Gasteiger partial charge in [0.1, 0.15) is 48.8 Å². The molecule has 2 aliphatic heterocycles. The lowest BCUT2D eigenvalue weighted by Gasteiger charge is -2.39. The first kappa shape index (κ1) is 58.8. The van der Waals surface area contributed by atoms with Crippen molar-refractivity contribution in [3.8, 4) is 0 Å². The van der Waals surface area contributed by atoms with Gasteiger partial charge in [-0.05, 0) is 30.0 Å². The molecule has 0 unspecified atom stereocenters. The minimum Gasteiger partial charge on any atom is -0.394 e. The fourth-order valence-corrected chi connectivity index (χ4v) is 7.27. The molecule has 2 heterocycles. The van der Waals surface area contributed by atoms with E-state index in [0.29, 0.717) is 6.42 Å². The third-order valence-electron chi connectivity index (χ3n) is 11.8. The number of carbonyl (C=O) groups excluding carboxylic acids is 4. The van der Waals surface area contributed by atoms with E-state index < -0.39 is 92.3 Å². The van der Waals surface area contributed by atoms with Crippen LogP contribution in [0.3, 0.4) is 0 Å². The molecule has 0 radical (unpaired) electrons. The maximum absolute atomic E-state index is 13.2. The van der Waals surface area contributed by atoms with E-state index in [1.165, 1.54) is 18.2 Å². The van der Waals surface area contributed by atoms with Crippen LogP contribution in [0.5, 0.6) is 0 Å². The second kappa shape index (κ2) is 31.6. The van der Waals surface area contributed by atoms with Crippen molar-refractivity contribution in [2.45, 2.75) is 114 Å². The third kappa shape index (κ3) is 19.3. The number of rotatable bonds is 33. The molecule has 2 saturated heterocycles. The molecule has 1 aromatic rings. The Balaban J connectivity index is 1.43. The molecular weight excluding hydrogens is 904 g/mol. The van der Waals surface area contributed by atoms with Gasteiger partial charge in [0.25, 0.3) is 11.8 Å². The second-order valence-corrected chi connectivity index (χ2v) is 16.3. The highest BCUT2D eigenvalue weighted by atomic mass is 16.7. The molecule has 4 amide bonds. The first-order valence-electron chi connectivity index (χ1n) is 23.1. The molecule has 12 N–H and O–H groups in total. The zero-order chi connectivity index (χ0) is 50.1. The van der Waals surface area contributed by atoms with Gasteiger partial charge < -0.3 is 100 Å². The van der Waals surface area contributed by atoms with E-state index in [2.05, 4.69) is 42.0 Å². The first-order valence-corrected chi connectivity index (χ1v) is 23.1. The Kier molecular flexibility index (Phi) is 27.3. The van der Waals surface area contributed by atoms with Gasteiger partial charge in [0, 0.05) is 36.3 Å². The summed E-state index contributed by atoms with van der Waals surface area (Å²) in [4.78, 5) is 52.1. The molecule has 2 aliphatic rings. The molecule has 0 aliphatic carbocycles. The van der Waals surface area contributed by atoms with Crippen LogP contribution in [0.25, 0.3) is 0 Å². The summed E-state index contributed by atoms with van der Waals surface area (Å²) < 4.78 is 43.2. The van der Waals surface area contributed by atoms with Crippen LogP contribution in [0.4, 0.5) is 5.69 Å². The highest BCUT2D eigenvalue weighted by Gasteiger charge is 2.45. The molecule has 0 spiro atoms. The summed E-state index contributed by atoms with van der Waals surface area (Å²) in [6.07, 6.45) is -10.1. The van der Waals surface area contributed by atoms with Gasteiger partial charge in [-0.2, -0.15) is 0 Å². The molecule has 24 heteroatoms.